The largest absolute Gasteiger partial charge is 0.399 e. The highest BCUT2D eigenvalue weighted by Gasteiger charge is 2.25. The monoisotopic (exact) mass is 274 g/mol. The third kappa shape index (κ3) is 2.45. The first-order valence-corrected chi connectivity index (χ1v) is 7.55. The number of anilines is 1. The summed E-state index contributed by atoms with van der Waals surface area (Å²) in [5.41, 5.74) is 6.50. The predicted octanol–water partition coefficient (Wildman–Crippen LogP) is 3.40. The number of fused-ring (bicyclic) bond motifs is 1. The summed E-state index contributed by atoms with van der Waals surface area (Å²) < 4.78 is 1.11. The fraction of sp³-hybridized carbons (Fsp3) is 0.400. The molecule has 1 saturated carbocycles. The van der Waals surface area contributed by atoms with Crippen LogP contribution in [0.1, 0.15) is 35.9 Å². The zero-order chi connectivity index (χ0) is 13.4. The summed E-state index contributed by atoms with van der Waals surface area (Å²) in [6.07, 6.45) is 3.78. The molecule has 3 N–H and O–H groups in total. The van der Waals surface area contributed by atoms with Crippen LogP contribution in [0.2, 0.25) is 0 Å². The smallest absolute Gasteiger partial charge is 0.261 e. The Morgan fingerprint density at radius 2 is 2.21 bits per heavy atom. The standard InChI is InChI=1S/C15H18N2OS/c1-9(10-3-2-4-10)17-15(18)14-8-11-7-12(16)5-6-13(11)19-14/h5-10H,2-4,16H2,1H3,(H,17,18). The summed E-state index contributed by atoms with van der Waals surface area (Å²) in [7, 11) is 0. The van der Waals surface area contributed by atoms with Crippen molar-refractivity contribution in [1.29, 1.82) is 0 Å². The van der Waals surface area contributed by atoms with Crippen molar-refractivity contribution in [2.75, 3.05) is 5.73 Å². The molecule has 1 aromatic heterocycles. The van der Waals surface area contributed by atoms with E-state index < -0.39 is 0 Å². The van der Waals surface area contributed by atoms with Gasteiger partial charge in [0.05, 0.1) is 4.88 Å². The van der Waals surface area contributed by atoms with E-state index in [9.17, 15) is 4.79 Å². The summed E-state index contributed by atoms with van der Waals surface area (Å²) in [6.45, 7) is 2.10. The van der Waals surface area contributed by atoms with E-state index in [1.54, 1.807) is 0 Å². The maximum absolute atomic E-state index is 12.2. The molecular weight excluding hydrogens is 256 g/mol. The second kappa shape index (κ2) is 4.85. The van der Waals surface area contributed by atoms with Gasteiger partial charge in [0.1, 0.15) is 0 Å². The number of benzene rings is 1. The van der Waals surface area contributed by atoms with E-state index >= 15 is 0 Å². The van der Waals surface area contributed by atoms with Gasteiger partial charge in [-0.15, -0.1) is 11.3 Å². The Hall–Kier alpha value is -1.55. The Morgan fingerprint density at radius 1 is 1.42 bits per heavy atom. The number of nitrogens with two attached hydrogens (primary N) is 1. The molecular formula is C15H18N2OS. The Kier molecular flexibility index (Phi) is 3.19. The molecule has 1 amide bonds. The molecule has 1 aromatic carbocycles. The van der Waals surface area contributed by atoms with E-state index in [1.165, 1.54) is 30.6 Å². The first-order valence-electron chi connectivity index (χ1n) is 6.73. The number of thiophene rings is 1. The van der Waals surface area contributed by atoms with Crippen LogP contribution in [-0.2, 0) is 0 Å². The summed E-state index contributed by atoms with van der Waals surface area (Å²) in [4.78, 5) is 13.0. The molecule has 1 aliphatic carbocycles. The lowest BCUT2D eigenvalue weighted by molar-refractivity contribution is 0.0913. The zero-order valence-corrected chi connectivity index (χ0v) is 11.8. The van der Waals surface area contributed by atoms with Gasteiger partial charge >= 0.3 is 0 Å². The molecule has 0 bridgehead atoms. The predicted molar refractivity (Wildman–Crippen MR) is 80.5 cm³/mol. The van der Waals surface area contributed by atoms with E-state index in [-0.39, 0.29) is 11.9 Å². The van der Waals surface area contributed by atoms with Crippen LogP contribution in [0.5, 0.6) is 0 Å². The van der Waals surface area contributed by atoms with Crippen LogP contribution in [-0.4, -0.2) is 11.9 Å². The van der Waals surface area contributed by atoms with Crippen molar-refractivity contribution in [2.45, 2.75) is 32.2 Å². The van der Waals surface area contributed by atoms with Gasteiger partial charge in [0.25, 0.3) is 5.91 Å². The average molecular weight is 274 g/mol. The maximum atomic E-state index is 12.2. The summed E-state index contributed by atoms with van der Waals surface area (Å²) in [5.74, 6) is 0.702. The molecule has 0 saturated heterocycles. The summed E-state index contributed by atoms with van der Waals surface area (Å²) >= 11 is 1.53. The van der Waals surface area contributed by atoms with Crippen molar-refractivity contribution in [3.05, 3.63) is 29.1 Å². The lowest BCUT2D eigenvalue weighted by Gasteiger charge is -2.31. The molecule has 19 heavy (non-hydrogen) atoms. The molecule has 3 rings (SSSR count). The molecule has 0 aliphatic heterocycles. The minimum Gasteiger partial charge on any atom is -0.399 e. The molecule has 1 atom stereocenters. The molecule has 1 unspecified atom stereocenters. The van der Waals surface area contributed by atoms with Crippen LogP contribution < -0.4 is 11.1 Å². The molecule has 4 heteroatoms. The van der Waals surface area contributed by atoms with Crippen molar-refractivity contribution >= 4 is 33.0 Å². The number of carbonyl (C=O) groups is 1. The van der Waals surface area contributed by atoms with Gasteiger partial charge in [-0.2, -0.15) is 0 Å². The molecule has 1 heterocycles. The highest BCUT2D eigenvalue weighted by Crippen LogP contribution is 2.30. The fourth-order valence-electron chi connectivity index (χ4n) is 2.51. The van der Waals surface area contributed by atoms with Gasteiger partial charge in [-0.1, -0.05) is 6.42 Å². The highest BCUT2D eigenvalue weighted by molar-refractivity contribution is 7.20. The number of hydrogen-bond donors (Lipinski definition) is 2. The molecule has 100 valence electrons. The minimum absolute atomic E-state index is 0.0409. The Labute approximate surface area is 116 Å². The lowest BCUT2D eigenvalue weighted by atomic mass is 9.80. The summed E-state index contributed by atoms with van der Waals surface area (Å²) in [6, 6.07) is 7.97. The van der Waals surface area contributed by atoms with Gasteiger partial charge in [-0.05, 0) is 55.3 Å². The van der Waals surface area contributed by atoms with E-state index in [1.807, 2.05) is 24.3 Å². The fourth-order valence-corrected chi connectivity index (χ4v) is 3.46. The average Bonchev–Trinajstić information content (AvgIpc) is 2.69. The summed E-state index contributed by atoms with van der Waals surface area (Å²) in [5, 5.41) is 4.16. The first kappa shape index (κ1) is 12.5. The van der Waals surface area contributed by atoms with Gasteiger partial charge in [-0.25, -0.2) is 0 Å². The highest BCUT2D eigenvalue weighted by atomic mass is 32.1. The number of nitrogen functional groups attached to an aromatic ring is 1. The van der Waals surface area contributed by atoms with Crippen molar-refractivity contribution in [2.24, 2.45) is 5.92 Å². The van der Waals surface area contributed by atoms with Crippen molar-refractivity contribution < 1.29 is 4.79 Å². The van der Waals surface area contributed by atoms with E-state index in [0.717, 1.165) is 20.7 Å². The zero-order valence-electron chi connectivity index (χ0n) is 11.0. The second-order valence-corrected chi connectivity index (χ2v) is 6.44. The van der Waals surface area contributed by atoms with Crippen LogP contribution in [0.3, 0.4) is 0 Å². The van der Waals surface area contributed by atoms with E-state index in [0.29, 0.717) is 5.92 Å². The molecule has 0 radical (unpaired) electrons. The molecule has 3 nitrogen and oxygen atoms in total. The van der Waals surface area contributed by atoms with Crippen LogP contribution in [0.25, 0.3) is 10.1 Å². The molecule has 1 fully saturated rings. The number of carbonyl (C=O) groups excluding carboxylic acids is 1. The quantitative estimate of drug-likeness (QED) is 0.843. The minimum atomic E-state index is 0.0409. The van der Waals surface area contributed by atoms with Crippen LogP contribution in [0.4, 0.5) is 5.69 Å². The maximum Gasteiger partial charge on any atom is 0.261 e. The van der Waals surface area contributed by atoms with Gasteiger partial charge in [0, 0.05) is 16.4 Å². The second-order valence-electron chi connectivity index (χ2n) is 5.36. The third-order valence-corrected chi connectivity index (χ3v) is 5.09. The molecule has 1 aliphatic rings. The van der Waals surface area contributed by atoms with Crippen LogP contribution in [0.15, 0.2) is 24.3 Å². The molecule has 0 spiro atoms. The Bertz CT molecular complexity index is 616. The van der Waals surface area contributed by atoms with Crippen LogP contribution in [0, 0.1) is 5.92 Å². The van der Waals surface area contributed by atoms with Crippen molar-refractivity contribution in [3.8, 4) is 0 Å². The number of amides is 1. The number of hydrogen-bond acceptors (Lipinski definition) is 3. The number of nitrogens with one attached hydrogen (secondary N) is 1. The van der Waals surface area contributed by atoms with E-state index in [2.05, 4.69) is 12.2 Å². The SMILES string of the molecule is CC(NC(=O)c1cc2cc(N)ccc2s1)C1CCC1. The Morgan fingerprint density at radius 3 is 2.89 bits per heavy atom. The third-order valence-electron chi connectivity index (χ3n) is 3.98. The van der Waals surface area contributed by atoms with Crippen molar-refractivity contribution in [3.63, 3.8) is 0 Å². The van der Waals surface area contributed by atoms with Gasteiger partial charge < -0.3 is 11.1 Å². The van der Waals surface area contributed by atoms with Crippen molar-refractivity contribution in [1.82, 2.24) is 5.32 Å². The Balaban J connectivity index is 1.77. The normalized spacial score (nSPS) is 17.1. The molecule has 2 aromatic rings. The van der Waals surface area contributed by atoms with Gasteiger partial charge in [-0.3, -0.25) is 4.79 Å². The van der Waals surface area contributed by atoms with E-state index in [4.69, 9.17) is 5.73 Å². The number of rotatable bonds is 3. The topological polar surface area (TPSA) is 55.1 Å². The van der Waals surface area contributed by atoms with Gasteiger partial charge in [0.2, 0.25) is 0 Å². The lowest BCUT2D eigenvalue weighted by Crippen LogP contribution is -2.40. The first-order chi connectivity index (χ1) is 9.13. The van der Waals surface area contributed by atoms with Gasteiger partial charge in [0.15, 0.2) is 0 Å². The van der Waals surface area contributed by atoms with Crippen LogP contribution >= 0.6 is 11.3 Å².